The molecule has 1 unspecified atom stereocenters. The Labute approximate surface area is 143 Å². The first-order valence-electron chi connectivity index (χ1n) is 8.38. The second-order valence-electron chi connectivity index (χ2n) is 6.23. The van der Waals surface area contributed by atoms with Gasteiger partial charge in [-0.05, 0) is 55.5 Å². The number of fused-ring (bicyclic) bond motifs is 1. The zero-order valence-corrected chi connectivity index (χ0v) is 14.2. The van der Waals surface area contributed by atoms with Gasteiger partial charge in [-0.1, -0.05) is 35.9 Å². The highest BCUT2D eigenvalue weighted by molar-refractivity contribution is 5.92. The van der Waals surface area contributed by atoms with Crippen molar-refractivity contribution >= 4 is 12.0 Å². The van der Waals surface area contributed by atoms with E-state index in [-0.39, 0.29) is 11.9 Å². The van der Waals surface area contributed by atoms with E-state index in [0.29, 0.717) is 0 Å². The monoisotopic (exact) mass is 321 g/mol. The number of amides is 1. The normalized spacial score (nSPS) is 16.7. The molecule has 1 amide bonds. The van der Waals surface area contributed by atoms with Crippen LogP contribution in [0.4, 0.5) is 0 Å². The first-order valence-corrected chi connectivity index (χ1v) is 8.38. The average molecular weight is 321 g/mol. The first kappa shape index (κ1) is 16.3. The summed E-state index contributed by atoms with van der Waals surface area (Å²) in [7, 11) is 1.64. The van der Waals surface area contributed by atoms with Crippen LogP contribution in [0.25, 0.3) is 6.08 Å². The third kappa shape index (κ3) is 3.67. The Kier molecular flexibility index (Phi) is 4.99. The van der Waals surface area contributed by atoms with E-state index in [1.165, 1.54) is 11.1 Å². The van der Waals surface area contributed by atoms with Crippen molar-refractivity contribution < 1.29 is 9.53 Å². The first-order chi connectivity index (χ1) is 11.7. The molecule has 0 heterocycles. The van der Waals surface area contributed by atoms with Crippen molar-refractivity contribution in [2.24, 2.45) is 0 Å². The summed E-state index contributed by atoms with van der Waals surface area (Å²) >= 11 is 0. The van der Waals surface area contributed by atoms with E-state index >= 15 is 0 Å². The average Bonchev–Trinajstić information content (AvgIpc) is 2.60. The molecule has 2 aromatic carbocycles. The minimum atomic E-state index is -0.0692. The summed E-state index contributed by atoms with van der Waals surface area (Å²) in [5.41, 5.74) is 4.64. The molecule has 1 aliphatic carbocycles. The number of carbonyl (C=O) groups excluding carboxylic acids is 1. The molecule has 0 fully saturated rings. The zero-order chi connectivity index (χ0) is 16.9. The van der Waals surface area contributed by atoms with Crippen LogP contribution in [0.1, 0.15) is 41.1 Å². The number of hydrogen-bond acceptors (Lipinski definition) is 2. The highest BCUT2D eigenvalue weighted by Crippen LogP contribution is 2.29. The Balaban J connectivity index is 1.72. The maximum absolute atomic E-state index is 12.3. The molecule has 0 saturated carbocycles. The quantitative estimate of drug-likeness (QED) is 0.857. The van der Waals surface area contributed by atoms with E-state index in [9.17, 15) is 4.79 Å². The van der Waals surface area contributed by atoms with E-state index in [1.54, 1.807) is 13.2 Å². The van der Waals surface area contributed by atoms with Crippen LogP contribution < -0.4 is 10.1 Å². The minimum absolute atomic E-state index is 0.0692. The molecule has 1 aliphatic rings. The van der Waals surface area contributed by atoms with Gasteiger partial charge in [0.1, 0.15) is 5.75 Å². The molecular formula is C21H23NO2. The Morgan fingerprint density at radius 3 is 2.92 bits per heavy atom. The molecule has 0 bridgehead atoms. The Bertz CT molecular complexity index is 764. The third-order valence-electron chi connectivity index (χ3n) is 4.49. The fraction of sp³-hybridized carbons (Fsp3) is 0.286. The fourth-order valence-electron chi connectivity index (χ4n) is 3.27. The van der Waals surface area contributed by atoms with Crippen LogP contribution in [0.15, 0.2) is 48.5 Å². The van der Waals surface area contributed by atoms with Crippen molar-refractivity contribution in [3.63, 3.8) is 0 Å². The topological polar surface area (TPSA) is 38.3 Å². The van der Waals surface area contributed by atoms with Crippen molar-refractivity contribution in [3.05, 3.63) is 70.8 Å². The Morgan fingerprint density at radius 2 is 2.08 bits per heavy atom. The second-order valence-corrected chi connectivity index (χ2v) is 6.23. The van der Waals surface area contributed by atoms with Crippen molar-refractivity contribution in [3.8, 4) is 5.75 Å². The molecule has 0 aliphatic heterocycles. The van der Waals surface area contributed by atoms with Gasteiger partial charge >= 0.3 is 0 Å². The van der Waals surface area contributed by atoms with Crippen LogP contribution >= 0.6 is 0 Å². The predicted molar refractivity (Wildman–Crippen MR) is 97.0 cm³/mol. The molecule has 1 N–H and O–H groups in total. The summed E-state index contributed by atoms with van der Waals surface area (Å²) in [6.45, 7) is 2.02. The Hall–Kier alpha value is -2.55. The summed E-state index contributed by atoms with van der Waals surface area (Å²) in [6, 6.07) is 14.4. The third-order valence-corrected chi connectivity index (χ3v) is 4.49. The molecule has 2 aromatic rings. The number of carbonyl (C=O) groups is 1. The second kappa shape index (κ2) is 7.35. The van der Waals surface area contributed by atoms with E-state index in [0.717, 1.165) is 36.1 Å². The Morgan fingerprint density at radius 1 is 1.25 bits per heavy atom. The van der Waals surface area contributed by atoms with Crippen LogP contribution in [0.3, 0.4) is 0 Å². The molecule has 0 aromatic heterocycles. The minimum Gasteiger partial charge on any atom is -0.496 e. The van der Waals surface area contributed by atoms with Crippen LogP contribution in [0.2, 0.25) is 0 Å². The number of methoxy groups -OCH3 is 1. The highest BCUT2D eigenvalue weighted by atomic mass is 16.5. The molecule has 1 atom stereocenters. The zero-order valence-electron chi connectivity index (χ0n) is 14.2. The predicted octanol–water partition coefficient (Wildman–Crippen LogP) is 4.21. The summed E-state index contributed by atoms with van der Waals surface area (Å²) in [4.78, 5) is 12.3. The number of aryl methyl sites for hydroxylation is 2. The lowest BCUT2D eigenvalue weighted by molar-refractivity contribution is -0.117. The highest BCUT2D eigenvalue weighted by Gasteiger charge is 2.20. The number of nitrogens with one attached hydrogen (secondary N) is 1. The van der Waals surface area contributed by atoms with Crippen LogP contribution in [-0.2, 0) is 11.2 Å². The van der Waals surface area contributed by atoms with Crippen LogP contribution in [0, 0.1) is 6.92 Å². The molecule has 24 heavy (non-hydrogen) atoms. The molecule has 0 spiro atoms. The van der Waals surface area contributed by atoms with Gasteiger partial charge in [0.2, 0.25) is 5.91 Å². The maximum Gasteiger partial charge on any atom is 0.244 e. The van der Waals surface area contributed by atoms with Gasteiger partial charge in [0.25, 0.3) is 0 Å². The van der Waals surface area contributed by atoms with Gasteiger partial charge in [-0.3, -0.25) is 4.79 Å². The number of ether oxygens (including phenoxy) is 1. The molecule has 0 saturated heterocycles. The number of hydrogen-bond donors (Lipinski definition) is 1. The van der Waals surface area contributed by atoms with Crippen LogP contribution in [0.5, 0.6) is 5.75 Å². The number of benzene rings is 2. The molecule has 3 rings (SSSR count). The van der Waals surface area contributed by atoms with Crippen LogP contribution in [-0.4, -0.2) is 13.0 Å². The van der Waals surface area contributed by atoms with Gasteiger partial charge in [0, 0.05) is 11.6 Å². The summed E-state index contributed by atoms with van der Waals surface area (Å²) < 4.78 is 5.35. The van der Waals surface area contributed by atoms with Crippen molar-refractivity contribution in [1.29, 1.82) is 0 Å². The van der Waals surface area contributed by atoms with Crippen molar-refractivity contribution in [2.45, 2.75) is 32.2 Å². The lowest BCUT2D eigenvalue weighted by Gasteiger charge is -2.25. The molecule has 3 heteroatoms. The van der Waals surface area contributed by atoms with Gasteiger partial charge < -0.3 is 10.1 Å². The van der Waals surface area contributed by atoms with E-state index in [4.69, 9.17) is 4.74 Å². The van der Waals surface area contributed by atoms with Crippen molar-refractivity contribution in [1.82, 2.24) is 5.32 Å². The summed E-state index contributed by atoms with van der Waals surface area (Å²) in [5.74, 6) is 0.702. The summed E-state index contributed by atoms with van der Waals surface area (Å²) in [5, 5.41) is 3.13. The largest absolute Gasteiger partial charge is 0.496 e. The van der Waals surface area contributed by atoms with E-state index in [1.807, 2.05) is 37.3 Å². The van der Waals surface area contributed by atoms with Gasteiger partial charge in [0.15, 0.2) is 0 Å². The molecule has 124 valence electrons. The number of rotatable bonds is 4. The standard InChI is InChI=1S/C21H23NO2/c1-15-10-12-20(24-2)17(14-15)11-13-21(23)22-19-9-5-7-16-6-3-4-8-18(16)19/h3-4,6,8,10-14,19H,5,7,9H2,1-2H3,(H,22,23)/b13-11+. The lowest BCUT2D eigenvalue weighted by atomic mass is 9.88. The maximum atomic E-state index is 12.3. The summed E-state index contributed by atoms with van der Waals surface area (Å²) in [6.07, 6.45) is 6.60. The molecular weight excluding hydrogens is 298 g/mol. The van der Waals surface area contributed by atoms with Gasteiger partial charge in [-0.15, -0.1) is 0 Å². The lowest BCUT2D eigenvalue weighted by Crippen LogP contribution is -2.29. The smallest absolute Gasteiger partial charge is 0.244 e. The fourth-order valence-corrected chi connectivity index (χ4v) is 3.27. The van der Waals surface area contributed by atoms with Gasteiger partial charge in [-0.2, -0.15) is 0 Å². The van der Waals surface area contributed by atoms with Gasteiger partial charge in [-0.25, -0.2) is 0 Å². The SMILES string of the molecule is COc1ccc(C)cc1/C=C/C(=O)NC1CCCc2ccccc21. The molecule has 3 nitrogen and oxygen atoms in total. The van der Waals surface area contributed by atoms with E-state index in [2.05, 4.69) is 23.5 Å². The van der Waals surface area contributed by atoms with E-state index < -0.39 is 0 Å². The molecule has 0 radical (unpaired) electrons. The van der Waals surface area contributed by atoms with Crippen molar-refractivity contribution in [2.75, 3.05) is 7.11 Å². The van der Waals surface area contributed by atoms with Gasteiger partial charge in [0.05, 0.1) is 13.2 Å².